The van der Waals surface area contributed by atoms with E-state index in [-0.39, 0.29) is 11.6 Å². The second-order valence-corrected chi connectivity index (χ2v) is 6.66. The molecule has 0 bridgehead atoms. The topological polar surface area (TPSA) is 92.9 Å². The Morgan fingerprint density at radius 1 is 1.35 bits per heavy atom. The molecular weight excluding hydrogens is 330 g/mol. The molecule has 0 fully saturated rings. The summed E-state index contributed by atoms with van der Waals surface area (Å²) < 4.78 is 1.96. The van der Waals surface area contributed by atoms with Crippen LogP contribution in [-0.4, -0.2) is 30.6 Å². The van der Waals surface area contributed by atoms with E-state index < -0.39 is 5.97 Å². The summed E-state index contributed by atoms with van der Waals surface area (Å²) >= 11 is 0. The van der Waals surface area contributed by atoms with Gasteiger partial charge in [-0.05, 0) is 37.0 Å². The molecule has 2 N–H and O–H groups in total. The van der Waals surface area contributed by atoms with Crippen molar-refractivity contribution in [2.24, 2.45) is 5.92 Å². The summed E-state index contributed by atoms with van der Waals surface area (Å²) in [6.07, 6.45) is 5.91. The van der Waals surface area contributed by atoms with Gasteiger partial charge >= 0.3 is 5.97 Å². The predicted molar refractivity (Wildman–Crippen MR) is 100 cm³/mol. The fourth-order valence-corrected chi connectivity index (χ4v) is 3.03. The van der Waals surface area contributed by atoms with Gasteiger partial charge in [-0.1, -0.05) is 19.9 Å². The van der Waals surface area contributed by atoms with E-state index in [1.165, 1.54) is 6.20 Å². The van der Waals surface area contributed by atoms with Crippen LogP contribution in [0.4, 0.5) is 5.95 Å². The quantitative estimate of drug-likeness (QED) is 0.672. The molecule has 0 aliphatic carbocycles. The summed E-state index contributed by atoms with van der Waals surface area (Å²) in [6, 6.07) is 5.59. The first kappa shape index (κ1) is 17.8. The van der Waals surface area contributed by atoms with Gasteiger partial charge in [0, 0.05) is 25.1 Å². The third-order valence-electron chi connectivity index (χ3n) is 4.25. The van der Waals surface area contributed by atoms with Crippen molar-refractivity contribution in [1.82, 2.24) is 19.5 Å². The lowest BCUT2D eigenvalue weighted by Crippen LogP contribution is -2.16. The number of carboxylic acid groups (broad SMARTS) is 1. The van der Waals surface area contributed by atoms with E-state index in [1.54, 1.807) is 12.3 Å². The Hall–Kier alpha value is -2.96. The Kier molecular flexibility index (Phi) is 5.16. The zero-order valence-electron chi connectivity index (χ0n) is 15.2. The first-order valence-electron chi connectivity index (χ1n) is 8.75. The highest BCUT2D eigenvalue weighted by Crippen LogP contribution is 2.27. The van der Waals surface area contributed by atoms with Gasteiger partial charge in [0.05, 0.1) is 11.6 Å². The first-order chi connectivity index (χ1) is 12.5. The van der Waals surface area contributed by atoms with Crippen LogP contribution in [0.2, 0.25) is 0 Å². The van der Waals surface area contributed by atoms with Crippen molar-refractivity contribution in [3.8, 4) is 0 Å². The lowest BCUT2D eigenvalue weighted by molar-refractivity contribution is 0.0696. The molecule has 3 rings (SSSR count). The second-order valence-electron chi connectivity index (χ2n) is 6.66. The smallest absolute Gasteiger partial charge is 0.337 e. The van der Waals surface area contributed by atoms with Gasteiger partial charge in [-0.2, -0.15) is 0 Å². The van der Waals surface area contributed by atoms with Gasteiger partial charge < -0.3 is 10.4 Å². The number of aryl methyl sites for hydroxylation is 1. The van der Waals surface area contributed by atoms with Crippen molar-refractivity contribution in [3.63, 3.8) is 0 Å². The molecule has 7 nitrogen and oxygen atoms in total. The number of aromatic carboxylic acids is 1. The number of nitrogens with zero attached hydrogens (tertiary/aromatic N) is 4. The van der Waals surface area contributed by atoms with Gasteiger partial charge in [0.1, 0.15) is 5.52 Å². The number of nitrogens with one attached hydrogen (secondary N) is 1. The molecule has 26 heavy (non-hydrogen) atoms. The Morgan fingerprint density at radius 2 is 2.15 bits per heavy atom. The number of anilines is 1. The molecule has 1 atom stereocenters. The highest BCUT2D eigenvalue weighted by atomic mass is 16.4. The van der Waals surface area contributed by atoms with Crippen molar-refractivity contribution in [3.05, 3.63) is 47.9 Å². The summed E-state index contributed by atoms with van der Waals surface area (Å²) in [4.78, 5) is 24.3. The minimum Gasteiger partial charge on any atom is -0.478 e. The molecule has 0 aromatic carbocycles. The maximum Gasteiger partial charge on any atom is 0.337 e. The molecule has 0 aliphatic rings. The molecule has 0 aliphatic heterocycles. The molecule has 3 aromatic heterocycles. The van der Waals surface area contributed by atoms with Crippen molar-refractivity contribution >= 4 is 23.1 Å². The third-order valence-corrected chi connectivity index (χ3v) is 4.25. The van der Waals surface area contributed by atoms with Crippen molar-refractivity contribution in [2.45, 2.75) is 39.8 Å². The number of fused-ring (bicyclic) bond motifs is 1. The van der Waals surface area contributed by atoms with Gasteiger partial charge in [0.2, 0.25) is 5.95 Å². The Balaban J connectivity index is 2.00. The van der Waals surface area contributed by atoms with Crippen LogP contribution in [-0.2, 0) is 6.54 Å². The van der Waals surface area contributed by atoms with Crippen LogP contribution in [0.1, 0.15) is 49.2 Å². The number of pyridine rings is 2. The van der Waals surface area contributed by atoms with E-state index in [9.17, 15) is 9.90 Å². The lowest BCUT2D eigenvalue weighted by atomic mass is 9.98. The van der Waals surface area contributed by atoms with E-state index in [0.717, 1.165) is 12.0 Å². The molecular formula is C19H23N5O2. The van der Waals surface area contributed by atoms with E-state index >= 15 is 0 Å². The van der Waals surface area contributed by atoms with Gasteiger partial charge in [-0.15, -0.1) is 0 Å². The first-order valence-corrected chi connectivity index (χ1v) is 8.75. The zero-order chi connectivity index (χ0) is 18.7. The SMILES string of the molecule is CCn1c(NC(CC(C)C)c2cccnc2)nc2cc(C(=O)O)cnc21. The second kappa shape index (κ2) is 7.51. The van der Waals surface area contributed by atoms with Crippen molar-refractivity contribution in [1.29, 1.82) is 0 Å². The highest BCUT2D eigenvalue weighted by molar-refractivity contribution is 5.91. The Labute approximate surface area is 152 Å². The van der Waals surface area contributed by atoms with Crippen LogP contribution in [0.5, 0.6) is 0 Å². The average molecular weight is 353 g/mol. The van der Waals surface area contributed by atoms with E-state index in [4.69, 9.17) is 0 Å². The summed E-state index contributed by atoms with van der Waals surface area (Å²) in [7, 11) is 0. The molecule has 3 aromatic rings. The molecule has 0 saturated heterocycles. The highest BCUT2D eigenvalue weighted by Gasteiger charge is 2.19. The van der Waals surface area contributed by atoms with Gasteiger partial charge in [0.15, 0.2) is 5.65 Å². The van der Waals surface area contributed by atoms with Gasteiger partial charge in [-0.3, -0.25) is 9.55 Å². The number of imidazole rings is 1. The van der Waals surface area contributed by atoms with Crippen LogP contribution >= 0.6 is 0 Å². The van der Waals surface area contributed by atoms with E-state index in [1.807, 2.05) is 29.8 Å². The summed E-state index contributed by atoms with van der Waals surface area (Å²) in [6.45, 7) is 7.05. The van der Waals surface area contributed by atoms with Crippen LogP contribution in [0, 0.1) is 5.92 Å². The van der Waals surface area contributed by atoms with Crippen LogP contribution in [0.25, 0.3) is 11.2 Å². The van der Waals surface area contributed by atoms with Gasteiger partial charge in [-0.25, -0.2) is 14.8 Å². The molecule has 3 heterocycles. The zero-order valence-corrected chi connectivity index (χ0v) is 15.2. The molecule has 0 radical (unpaired) electrons. The number of rotatable bonds is 7. The molecule has 0 spiro atoms. The number of aromatic nitrogens is 4. The lowest BCUT2D eigenvalue weighted by Gasteiger charge is -2.21. The standard InChI is InChI=1S/C19H23N5O2/c1-4-24-17-16(9-14(11-21-17)18(25)26)23-19(24)22-15(8-12(2)3)13-6-5-7-20-10-13/h5-7,9-12,15H,4,8H2,1-3H3,(H,22,23)(H,25,26). The Bertz CT molecular complexity index is 905. The average Bonchev–Trinajstić information content (AvgIpc) is 2.97. The molecule has 0 saturated carbocycles. The summed E-state index contributed by atoms with van der Waals surface area (Å²) in [5.74, 6) is 0.170. The van der Waals surface area contributed by atoms with Crippen LogP contribution in [0.15, 0.2) is 36.8 Å². The fourth-order valence-electron chi connectivity index (χ4n) is 3.03. The van der Waals surface area contributed by atoms with Gasteiger partial charge in [0.25, 0.3) is 0 Å². The monoisotopic (exact) mass is 353 g/mol. The summed E-state index contributed by atoms with van der Waals surface area (Å²) in [5.41, 5.74) is 2.48. The Morgan fingerprint density at radius 3 is 2.77 bits per heavy atom. The molecule has 136 valence electrons. The van der Waals surface area contributed by atoms with Crippen LogP contribution < -0.4 is 5.32 Å². The molecule has 7 heteroatoms. The van der Waals surface area contributed by atoms with E-state index in [0.29, 0.717) is 29.6 Å². The number of carboxylic acids is 1. The minimum absolute atomic E-state index is 0.0600. The predicted octanol–water partition coefficient (Wildman–Crippen LogP) is 3.74. The maximum atomic E-state index is 11.2. The van der Waals surface area contributed by atoms with Crippen LogP contribution in [0.3, 0.4) is 0 Å². The van der Waals surface area contributed by atoms with Crippen molar-refractivity contribution in [2.75, 3.05) is 5.32 Å². The number of hydrogen-bond acceptors (Lipinski definition) is 5. The molecule has 1 unspecified atom stereocenters. The summed E-state index contributed by atoms with van der Waals surface area (Å²) in [5, 5.41) is 12.7. The van der Waals surface area contributed by atoms with E-state index in [2.05, 4.69) is 34.1 Å². The normalized spacial score (nSPS) is 12.5. The fraction of sp³-hybridized carbons (Fsp3) is 0.368. The minimum atomic E-state index is -1.01. The third kappa shape index (κ3) is 3.66. The van der Waals surface area contributed by atoms with Crippen molar-refractivity contribution < 1.29 is 9.90 Å². The number of hydrogen-bond donors (Lipinski definition) is 2. The largest absolute Gasteiger partial charge is 0.478 e. The maximum absolute atomic E-state index is 11.2. The molecule has 0 amide bonds. The number of carbonyl (C=O) groups is 1.